The van der Waals surface area contributed by atoms with E-state index >= 15 is 0 Å². The van der Waals surface area contributed by atoms with E-state index in [1.165, 1.54) is 23.1 Å². The Kier molecular flexibility index (Phi) is 5.24. The first-order valence-electron chi connectivity index (χ1n) is 9.37. The minimum atomic E-state index is -0.249. The molecule has 3 heteroatoms. The second kappa shape index (κ2) is 8.13. The molecule has 0 aliphatic heterocycles. The first kappa shape index (κ1) is 18.1. The van der Waals surface area contributed by atoms with Crippen molar-refractivity contribution in [2.75, 3.05) is 5.32 Å². The van der Waals surface area contributed by atoms with Crippen molar-refractivity contribution >= 4 is 16.5 Å². The fourth-order valence-corrected chi connectivity index (χ4v) is 3.37. The van der Waals surface area contributed by atoms with Crippen LogP contribution in [-0.2, 0) is 13.2 Å². The number of hydrogen-bond donors (Lipinski definition) is 1. The number of fused-ring (bicyclic) bond motifs is 1. The van der Waals surface area contributed by atoms with Crippen molar-refractivity contribution in [3.8, 4) is 5.75 Å². The van der Waals surface area contributed by atoms with Gasteiger partial charge in [0.15, 0.2) is 0 Å². The molecule has 0 bridgehead atoms. The molecule has 0 aliphatic carbocycles. The van der Waals surface area contributed by atoms with Gasteiger partial charge in [0.05, 0.1) is 0 Å². The summed E-state index contributed by atoms with van der Waals surface area (Å²) < 4.78 is 19.5. The number of nitrogens with one attached hydrogen (secondary N) is 1. The zero-order valence-corrected chi connectivity index (χ0v) is 15.8. The lowest BCUT2D eigenvalue weighted by Gasteiger charge is -2.16. The summed E-state index contributed by atoms with van der Waals surface area (Å²) >= 11 is 0. The molecule has 4 rings (SSSR count). The average molecular weight is 371 g/mol. The van der Waals surface area contributed by atoms with E-state index in [1.54, 1.807) is 6.07 Å². The summed E-state index contributed by atoms with van der Waals surface area (Å²) in [6.45, 7) is 3.05. The molecule has 0 fully saturated rings. The van der Waals surface area contributed by atoms with Crippen molar-refractivity contribution in [2.45, 2.75) is 20.1 Å². The topological polar surface area (TPSA) is 21.3 Å². The zero-order chi connectivity index (χ0) is 19.3. The van der Waals surface area contributed by atoms with E-state index in [0.29, 0.717) is 13.2 Å². The molecule has 0 aliphatic rings. The molecule has 28 heavy (non-hydrogen) atoms. The minimum absolute atomic E-state index is 0.249. The SMILES string of the molecule is Cc1cccc(NCc2c(OCc3cccc(F)c3)ccc3ccccc23)c1. The summed E-state index contributed by atoms with van der Waals surface area (Å²) in [6, 6.07) is 27.2. The first-order valence-corrected chi connectivity index (χ1v) is 9.37. The van der Waals surface area contributed by atoms with E-state index in [2.05, 4.69) is 48.6 Å². The highest BCUT2D eigenvalue weighted by Gasteiger charge is 2.10. The molecular formula is C25H22FNO. The molecule has 140 valence electrons. The van der Waals surface area contributed by atoms with E-state index in [1.807, 2.05) is 30.3 Å². The van der Waals surface area contributed by atoms with Crippen LogP contribution in [0.3, 0.4) is 0 Å². The molecule has 0 heterocycles. The van der Waals surface area contributed by atoms with Crippen molar-refractivity contribution < 1.29 is 9.13 Å². The maximum absolute atomic E-state index is 13.5. The minimum Gasteiger partial charge on any atom is -0.489 e. The van der Waals surface area contributed by atoms with Gasteiger partial charge < -0.3 is 10.1 Å². The van der Waals surface area contributed by atoms with Gasteiger partial charge in [0.1, 0.15) is 18.2 Å². The highest BCUT2D eigenvalue weighted by Crippen LogP contribution is 2.30. The van der Waals surface area contributed by atoms with Crippen molar-refractivity contribution in [3.63, 3.8) is 0 Å². The van der Waals surface area contributed by atoms with Gasteiger partial charge in [-0.25, -0.2) is 4.39 Å². The van der Waals surface area contributed by atoms with Gasteiger partial charge in [-0.15, -0.1) is 0 Å². The third-order valence-corrected chi connectivity index (χ3v) is 4.77. The van der Waals surface area contributed by atoms with Crippen LogP contribution in [0.5, 0.6) is 5.75 Å². The number of hydrogen-bond acceptors (Lipinski definition) is 2. The Bertz CT molecular complexity index is 1110. The van der Waals surface area contributed by atoms with Gasteiger partial charge >= 0.3 is 0 Å². The molecule has 4 aromatic rings. The highest BCUT2D eigenvalue weighted by atomic mass is 19.1. The molecular weight excluding hydrogens is 349 g/mol. The van der Waals surface area contributed by atoms with Crippen molar-refractivity contribution in [3.05, 3.63) is 107 Å². The van der Waals surface area contributed by atoms with Crippen LogP contribution in [0, 0.1) is 12.7 Å². The second-order valence-corrected chi connectivity index (χ2v) is 6.91. The maximum Gasteiger partial charge on any atom is 0.125 e. The lowest BCUT2D eigenvalue weighted by molar-refractivity contribution is 0.303. The lowest BCUT2D eigenvalue weighted by atomic mass is 10.0. The Morgan fingerprint density at radius 2 is 1.71 bits per heavy atom. The normalized spacial score (nSPS) is 10.8. The van der Waals surface area contributed by atoms with Crippen LogP contribution in [0.25, 0.3) is 10.8 Å². The fourth-order valence-electron chi connectivity index (χ4n) is 3.37. The van der Waals surface area contributed by atoms with E-state index < -0.39 is 0 Å². The smallest absolute Gasteiger partial charge is 0.125 e. The summed E-state index contributed by atoms with van der Waals surface area (Å²) in [5, 5.41) is 5.82. The third-order valence-electron chi connectivity index (χ3n) is 4.77. The number of anilines is 1. The van der Waals surface area contributed by atoms with Crippen LogP contribution in [0.15, 0.2) is 84.9 Å². The van der Waals surface area contributed by atoms with E-state index in [-0.39, 0.29) is 5.82 Å². The third kappa shape index (κ3) is 4.15. The van der Waals surface area contributed by atoms with Crippen molar-refractivity contribution in [1.29, 1.82) is 0 Å². The van der Waals surface area contributed by atoms with E-state index in [9.17, 15) is 4.39 Å². The number of benzene rings is 4. The number of ether oxygens (including phenoxy) is 1. The number of halogens is 1. The van der Waals surface area contributed by atoms with Crippen LogP contribution in [0.4, 0.5) is 10.1 Å². The van der Waals surface area contributed by atoms with Gasteiger partial charge in [0.2, 0.25) is 0 Å². The maximum atomic E-state index is 13.5. The highest BCUT2D eigenvalue weighted by molar-refractivity contribution is 5.88. The Balaban J connectivity index is 1.62. The summed E-state index contributed by atoms with van der Waals surface area (Å²) in [4.78, 5) is 0. The van der Waals surface area contributed by atoms with Crippen LogP contribution in [-0.4, -0.2) is 0 Å². The Hall–Kier alpha value is -3.33. The quantitative estimate of drug-likeness (QED) is 0.419. The van der Waals surface area contributed by atoms with Crippen LogP contribution < -0.4 is 10.1 Å². The fraction of sp³-hybridized carbons (Fsp3) is 0.120. The standard InChI is InChI=1S/C25H22FNO/c1-18-6-4-10-22(14-18)27-16-24-23-11-3-2-8-20(23)12-13-25(24)28-17-19-7-5-9-21(26)15-19/h2-15,27H,16-17H2,1H3. The van der Waals surface area contributed by atoms with Crippen LogP contribution >= 0.6 is 0 Å². The molecule has 0 unspecified atom stereocenters. The van der Waals surface area contributed by atoms with E-state index in [4.69, 9.17) is 4.74 Å². The van der Waals surface area contributed by atoms with Gasteiger partial charge in [-0.3, -0.25) is 0 Å². The van der Waals surface area contributed by atoms with Gasteiger partial charge in [0.25, 0.3) is 0 Å². The van der Waals surface area contributed by atoms with Crippen LogP contribution in [0.1, 0.15) is 16.7 Å². The summed E-state index contributed by atoms with van der Waals surface area (Å²) in [7, 11) is 0. The molecule has 0 spiro atoms. The van der Waals surface area contributed by atoms with Crippen LogP contribution in [0.2, 0.25) is 0 Å². The summed E-state index contributed by atoms with van der Waals surface area (Å²) in [5.41, 5.74) is 4.19. The number of aryl methyl sites for hydroxylation is 1. The average Bonchev–Trinajstić information content (AvgIpc) is 2.71. The molecule has 0 amide bonds. The van der Waals surface area contributed by atoms with Crippen molar-refractivity contribution in [1.82, 2.24) is 0 Å². The zero-order valence-electron chi connectivity index (χ0n) is 15.8. The molecule has 0 atom stereocenters. The summed E-state index contributed by atoms with van der Waals surface area (Å²) in [5.74, 6) is 0.559. The van der Waals surface area contributed by atoms with Gasteiger partial charge in [-0.1, -0.05) is 54.6 Å². The lowest BCUT2D eigenvalue weighted by Crippen LogP contribution is -2.05. The number of rotatable bonds is 6. The summed E-state index contributed by atoms with van der Waals surface area (Å²) in [6.07, 6.45) is 0. The largest absolute Gasteiger partial charge is 0.489 e. The van der Waals surface area contributed by atoms with Crippen molar-refractivity contribution in [2.24, 2.45) is 0 Å². The molecule has 0 saturated heterocycles. The Morgan fingerprint density at radius 1 is 0.857 bits per heavy atom. The Labute approximate surface area is 164 Å². The van der Waals surface area contributed by atoms with Gasteiger partial charge in [-0.2, -0.15) is 0 Å². The molecule has 0 aromatic heterocycles. The molecule has 2 nitrogen and oxygen atoms in total. The van der Waals surface area contributed by atoms with E-state index in [0.717, 1.165) is 28.0 Å². The predicted molar refractivity (Wildman–Crippen MR) is 113 cm³/mol. The molecule has 4 aromatic carbocycles. The van der Waals surface area contributed by atoms with Gasteiger partial charge in [0, 0.05) is 17.8 Å². The second-order valence-electron chi connectivity index (χ2n) is 6.91. The van der Waals surface area contributed by atoms with Gasteiger partial charge in [-0.05, 0) is 59.2 Å². The first-order chi connectivity index (χ1) is 13.7. The molecule has 0 saturated carbocycles. The predicted octanol–water partition coefficient (Wildman–Crippen LogP) is 6.48. The monoisotopic (exact) mass is 371 g/mol. The molecule has 0 radical (unpaired) electrons. The molecule has 1 N–H and O–H groups in total. The Morgan fingerprint density at radius 3 is 2.57 bits per heavy atom.